The van der Waals surface area contributed by atoms with E-state index < -0.39 is 5.97 Å². The highest BCUT2D eigenvalue weighted by atomic mass is 16.4. The van der Waals surface area contributed by atoms with Gasteiger partial charge < -0.3 is 5.11 Å². The lowest BCUT2D eigenvalue weighted by atomic mass is 9.80. The minimum Gasteiger partial charge on any atom is -0.481 e. The van der Waals surface area contributed by atoms with Crippen LogP contribution in [0.1, 0.15) is 33.6 Å². The van der Waals surface area contributed by atoms with Crippen LogP contribution in [-0.2, 0) is 9.59 Å². The Kier molecular flexibility index (Phi) is 2.18. The minimum atomic E-state index is -0.674. The number of carboxylic acids is 1. The third-order valence-corrected chi connectivity index (χ3v) is 3.84. The van der Waals surface area contributed by atoms with Gasteiger partial charge in [-0.2, -0.15) is 0 Å². The summed E-state index contributed by atoms with van der Waals surface area (Å²) in [7, 11) is 0. The molecule has 0 aromatic heterocycles. The summed E-state index contributed by atoms with van der Waals surface area (Å²) in [5.74, 6) is 0.188. The highest BCUT2D eigenvalue weighted by Gasteiger charge is 2.61. The van der Waals surface area contributed by atoms with Crippen LogP contribution in [0.5, 0.6) is 0 Å². The van der Waals surface area contributed by atoms with Crippen LogP contribution in [0.2, 0.25) is 0 Å². The van der Waals surface area contributed by atoms with Gasteiger partial charge in [-0.05, 0) is 24.7 Å². The highest BCUT2D eigenvalue weighted by Crippen LogP contribution is 2.60. The molecular weight excluding hydrogens is 192 g/mol. The summed E-state index contributed by atoms with van der Waals surface area (Å²) in [6, 6.07) is 0. The first kappa shape index (κ1) is 10.7. The fourth-order valence-electron chi connectivity index (χ4n) is 3.03. The lowest BCUT2D eigenvalue weighted by molar-refractivity contribution is -0.140. The van der Waals surface area contributed by atoms with Gasteiger partial charge in [-0.25, -0.2) is 0 Å². The minimum absolute atomic E-state index is 0.121. The lowest BCUT2D eigenvalue weighted by Gasteiger charge is -2.22. The van der Waals surface area contributed by atoms with Crippen molar-refractivity contribution in [1.29, 1.82) is 0 Å². The van der Waals surface area contributed by atoms with E-state index in [1.165, 1.54) is 0 Å². The van der Waals surface area contributed by atoms with Crippen LogP contribution in [0.25, 0.3) is 0 Å². The second-order valence-electron chi connectivity index (χ2n) is 5.97. The smallest absolute Gasteiger partial charge is 0.307 e. The zero-order valence-electron chi connectivity index (χ0n) is 9.49. The molecule has 0 bridgehead atoms. The summed E-state index contributed by atoms with van der Waals surface area (Å²) in [4.78, 5) is 22.7. The predicted molar refractivity (Wildman–Crippen MR) is 55.3 cm³/mol. The quantitative estimate of drug-likeness (QED) is 0.758. The maximum absolute atomic E-state index is 12.0. The average Bonchev–Trinajstić information content (AvgIpc) is 2.60. The molecule has 1 N–H and O–H groups in total. The van der Waals surface area contributed by atoms with Crippen LogP contribution in [0, 0.1) is 29.1 Å². The molecule has 0 aromatic carbocycles. The first-order chi connectivity index (χ1) is 6.82. The SMILES string of the molecule is CC(C)(C)C(=O)C1CC2C(C1)C2C(=O)O. The molecule has 2 rings (SSSR count). The zero-order chi connectivity index (χ0) is 11.4. The van der Waals surface area contributed by atoms with E-state index in [9.17, 15) is 9.59 Å². The molecular formula is C12H18O3. The number of Topliss-reactive ketones (excluding diaryl/α,β-unsaturated/α-hetero) is 1. The summed E-state index contributed by atoms with van der Waals surface area (Å²) < 4.78 is 0. The van der Waals surface area contributed by atoms with E-state index in [1.54, 1.807) is 0 Å². The van der Waals surface area contributed by atoms with Gasteiger partial charge in [-0.1, -0.05) is 20.8 Å². The van der Waals surface area contributed by atoms with E-state index in [0.717, 1.165) is 12.8 Å². The number of fused-ring (bicyclic) bond motifs is 1. The number of ketones is 1. The fourth-order valence-corrected chi connectivity index (χ4v) is 3.03. The van der Waals surface area contributed by atoms with Crippen LogP contribution in [0.15, 0.2) is 0 Å². The zero-order valence-corrected chi connectivity index (χ0v) is 9.49. The third kappa shape index (κ3) is 1.68. The highest BCUT2D eigenvalue weighted by molar-refractivity contribution is 5.87. The van der Waals surface area contributed by atoms with Crippen LogP contribution in [0.4, 0.5) is 0 Å². The molecule has 0 aromatic rings. The van der Waals surface area contributed by atoms with E-state index in [1.807, 2.05) is 20.8 Å². The number of rotatable bonds is 2. The standard InChI is InChI=1S/C12H18O3/c1-12(2,3)10(13)6-4-7-8(5-6)9(7)11(14)15/h6-9H,4-5H2,1-3H3,(H,14,15). The van der Waals surface area contributed by atoms with Crippen molar-refractivity contribution < 1.29 is 14.7 Å². The second kappa shape index (κ2) is 3.06. The van der Waals surface area contributed by atoms with Crippen molar-refractivity contribution in [2.45, 2.75) is 33.6 Å². The van der Waals surface area contributed by atoms with Gasteiger partial charge in [0.25, 0.3) is 0 Å². The summed E-state index contributed by atoms with van der Waals surface area (Å²) in [5.41, 5.74) is -0.278. The monoisotopic (exact) mass is 210 g/mol. The number of carbonyl (C=O) groups excluding carboxylic acids is 1. The average molecular weight is 210 g/mol. The second-order valence-corrected chi connectivity index (χ2v) is 5.97. The molecule has 2 aliphatic rings. The number of carbonyl (C=O) groups is 2. The first-order valence-corrected chi connectivity index (χ1v) is 5.59. The Morgan fingerprint density at radius 1 is 1.13 bits per heavy atom. The van der Waals surface area contributed by atoms with Crippen molar-refractivity contribution in [3.05, 3.63) is 0 Å². The maximum atomic E-state index is 12.0. The van der Waals surface area contributed by atoms with Gasteiger partial charge >= 0.3 is 5.97 Å². The fraction of sp³-hybridized carbons (Fsp3) is 0.833. The van der Waals surface area contributed by atoms with Crippen molar-refractivity contribution in [2.24, 2.45) is 29.1 Å². The topological polar surface area (TPSA) is 54.4 Å². The van der Waals surface area contributed by atoms with Crippen molar-refractivity contribution in [3.8, 4) is 0 Å². The van der Waals surface area contributed by atoms with Crippen LogP contribution < -0.4 is 0 Å². The van der Waals surface area contributed by atoms with Crippen molar-refractivity contribution in [2.75, 3.05) is 0 Å². The lowest BCUT2D eigenvalue weighted by Crippen LogP contribution is -2.28. The molecule has 0 radical (unpaired) electrons. The molecule has 2 fully saturated rings. The Morgan fingerprint density at radius 2 is 1.60 bits per heavy atom. The van der Waals surface area contributed by atoms with Gasteiger partial charge in [-0.3, -0.25) is 9.59 Å². The van der Waals surface area contributed by atoms with E-state index in [2.05, 4.69) is 0 Å². The van der Waals surface area contributed by atoms with Gasteiger partial charge in [0, 0.05) is 11.3 Å². The first-order valence-electron chi connectivity index (χ1n) is 5.59. The molecule has 3 nitrogen and oxygen atoms in total. The molecule has 2 aliphatic carbocycles. The van der Waals surface area contributed by atoms with Crippen molar-refractivity contribution in [1.82, 2.24) is 0 Å². The molecule has 15 heavy (non-hydrogen) atoms. The molecule has 0 saturated heterocycles. The molecule has 2 atom stereocenters. The van der Waals surface area contributed by atoms with E-state index in [4.69, 9.17) is 5.11 Å². The molecule has 3 heteroatoms. The molecule has 0 aliphatic heterocycles. The summed E-state index contributed by atoms with van der Waals surface area (Å²) in [5, 5.41) is 8.86. The van der Waals surface area contributed by atoms with Crippen molar-refractivity contribution in [3.63, 3.8) is 0 Å². The van der Waals surface area contributed by atoms with Gasteiger partial charge in [0.05, 0.1) is 5.92 Å². The van der Waals surface area contributed by atoms with E-state index >= 15 is 0 Å². The Bertz CT molecular complexity index is 301. The molecule has 2 unspecified atom stereocenters. The van der Waals surface area contributed by atoms with E-state index in [0.29, 0.717) is 17.6 Å². The van der Waals surface area contributed by atoms with Gasteiger partial charge in [0.2, 0.25) is 0 Å². The van der Waals surface area contributed by atoms with E-state index in [-0.39, 0.29) is 17.3 Å². The molecule has 84 valence electrons. The molecule has 2 saturated carbocycles. The maximum Gasteiger partial charge on any atom is 0.307 e. The molecule has 0 heterocycles. The number of hydrogen-bond acceptors (Lipinski definition) is 2. The van der Waals surface area contributed by atoms with Gasteiger partial charge in [-0.15, -0.1) is 0 Å². The Balaban J connectivity index is 1.94. The number of hydrogen-bond donors (Lipinski definition) is 1. The predicted octanol–water partition coefficient (Wildman–Crippen LogP) is 1.96. The van der Waals surface area contributed by atoms with Gasteiger partial charge in [0.1, 0.15) is 5.78 Å². The molecule has 0 spiro atoms. The van der Waals surface area contributed by atoms with Crippen LogP contribution >= 0.6 is 0 Å². The third-order valence-electron chi connectivity index (χ3n) is 3.84. The number of aliphatic carboxylic acids is 1. The van der Waals surface area contributed by atoms with Crippen molar-refractivity contribution >= 4 is 11.8 Å². The Labute approximate surface area is 89.9 Å². The number of carboxylic acid groups (broad SMARTS) is 1. The van der Waals surface area contributed by atoms with Gasteiger partial charge in [0.15, 0.2) is 0 Å². The van der Waals surface area contributed by atoms with Crippen LogP contribution in [-0.4, -0.2) is 16.9 Å². The largest absolute Gasteiger partial charge is 0.481 e. The van der Waals surface area contributed by atoms with Crippen LogP contribution in [0.3, 0.4) is 0 Å². The Morgan fingerprint density at radius 3 is 1.93 bits per heavy atom. The normalized spacial score (nSPS) is 38.6. The molecule has 0 amide bonds. The summed E-state index contributed by atoms with van der Waals surface area (Å²) in [6.45, 7) is 5.82. The Hall–Kier alpha value is -0.860. The summed E-state index contributed by atoms with van der Waals surface area (Å²) >= 11 is 0. The summed E-state index contributed by atoms with van der Waals surface area (Å²) in [6.07, 6.45) is 1.61.